The summed E-state index contributed by atoms with van der Waals surface area (Å²) in [5.41, 5.74) is 0. The highest BCUT2D eigenvalue weighted by atomic mass is 32.1. The van der Waals surface area contributed by atoms with E-state index in [2.05, 4.69) is 15.1 Å². The Morgan fingerprint density at radius 1 is 1.23 bits per heavy atom. The fourth-order valence-electron chi connectivity index (χ4n) is 1.64. The molecule has 2 rings (SSSR count). The van der Waals surface area contributed by atoms with Gasteiger partial charge in [0.05, 0.1) is 0 Å². The maximum Gasteiger partial charge on any atom is 0.148 e. The summed E-state index contributed by atoms with van der Waals surface area (Å²) in [7, 11) is 0. The molecule has 0 unspecified atom stereocenters. The molecule has 0 radical (unpaired) electrons. The maximum absolute atomic E-state index is 4.94. The molecular formula is C9H13N3S. The fraction of sp³-hybridized carbons (Fsp3) is 0.556. The molecule has 1 N–H and O–H groups in total. The van der Waals surface area contributed by atoms with Gasteiger partial charge in [0, 0.05) is 13.1 Å². The molecule has 1 fully saturated rings. The van der Waals surface area contributed by atoms with E-state index in [1.807, 2.05) is 12.1 Å². The lowest BCUT2D eigenvalue weighted by Crippen LogP contribution is -2.30. The highest BCUT2D eigenvalue weighted by Gasteiger charge is 2.10. The number of aromatic nitrogens is 2. The quantitative estimate of drug-likeness (QED) is 0.697. The first-order chi connectivity index (χ1) is 6.36. The monoisotopic (exact) mass is 195 g/mol. The summed E-state index contributed by atoms with van der Waals surface area (Å²) in [6.07, 6.45) is 3.90. The van der Waals surface area contributed by atoms with Gasteiger partial charge in [-0.1, -0.05) is 12.2 Å². The lowest BCUT2D eigenvalue weighted by atomic mass is 10.1. The summed E-state index contributed by atoms with van der Waals surface area (Å²) in [5, 5.41) is 7.02. The normalized spacial score (nSPS) is 17.4. The minimum atomic E-state index is 0.695. The number of H-pyrrole nitrogens is 1. The van der Waals surface area contributed by atoms with Gasteiger partial charge in [-0.25, -0.2) is 0 Å². The van der Waals surface area contributed by atoms with Crippen LogP contribution in [0.4, 0.5) is 5.82 Å². The van der Waals surface area contributed by atoms with E-state index in [0.29, 0.717) is 4.64 Å². The molecule has 1 aromatic heterocycles. The van der Waals surface area contributed by atoms with E-state index in [4.69, 9.17) is 12.2 Å². The number of hydrogen-bond acceptors (Lipinski definition) is 3. The third-order valence-electron chi connectivity index (χ3n) is 2.34. The van der Waals surface area contributed by atoms with Crippen LogP contribution in [0.25, 0.3) is 0 Å². The molecule has 1 saturated heterocycles. The SMILES string of the molecule is S=c1ccc(N2CCCCC2)n[nH]1. The van der Waals surface area contributed by atoms with Crippen LogP contribution in [0.15, 0.2) is 12.1 Å². The van der Waals surface area contributed by atoms with E-state index in [0.717, 1.165) is 18.9 Å². The first-order valence-electron chi connectivity index (χ1n) is 4.67. The summed E-state index contributed by atoms with van der Waals surface area (Å²) in [6.45, 7) is 2.25. The van der Waals surface area contributed by atoms with Gasteiger partial charge in [0.2, 0.25) is 0 Å². The predicted molar refractivity (Wildman–Crippen MR) is 55.5 cm³/mol. The molecule has 1 aliphatic rings. The zero-order chi connectivity index (χ0) is 9.10. The number of hydrogen-bond donors (Lipinski definition) is 1. The van der Waals surface area contributed by atoms with Crippen molar-refractivity contribution in [1.82, 2.24) is 10.2 Å². The Morgan fingerprint density at radius 2 is 2.00 bits per heavy atom. The van der Waals surface area contributed by atoms with E-state index in [9.17, 15) is 0 Å². The Labute approximate surface area is 82.8 Å². The molecule has 1 aromatic rings. The van der Waals surface area contributed by atoms with Crippen LogP contribution in [0, 0.1) is 4.64 Å². The van der Waals surface area contributed by atoms with E-state index in [1.165, 1.54) is 19.3 Å². The van der Waals surface area contributed by atoms with Gasteiger partial charge in [-0.3, -0.25) is 5.10 Å². The fourth-order valence-corrected chi connectivity index (χ4v) is 1.75. The average molecular weight is 195 g/mol. The van der Waals surface area contributed by atoms with Crippen molar-refractivity contribution in [1.29, 1.82) is 0 Å². The number of anilines is 1. The third kappa shape index (κ3) is 2.06. The van der Waals surface area contributed by atoms with Gasteiger partial charge < -0.3 is 4.90 Å². The van der Waals surface area contributed by atoms with Crippen LogP contribution in [0.1, 0.15) is 19.3 Å². The van der Waals surface area contributed by atoms with Gasteiger partial charge in [0.25, 0.3) is 0 Å². The highest BCUT2D eigenvalue weighted by Crippen LogP contribution is 2.15. The number of piperidine rings is 1. The Morgan fingerprint density at radius 3 is 2.62 bits per heavy atom. The van der Waals surface area contributed by atoms with Crippen molar-refractivity contribution in [3.63, 3.8) is 0 Å². The lowest BCUT2D eigenvalue weighted by Gasteiger charge is -2.27. The lowest BCUT2D eigenvalue weighted by molar-refractivity contribution is 0.571. The highest BCUT2D eigenvalue weighted by molar-refractivity contribution is 7.71. The molecule has 70 valence electrons. The zero-order valence-corrected chi connectivity index (χ0v) is 8.31. The van der Waals surface area contributed by atoms with Gasteiger partial charge in [-0.2, -0.15) is 5.10 Å². The molecule has 0 saturated carbocycles. The molecule has 0 amide bonds. The second-order valence-corrected chi connectivity index (χ2v) is 3.77. The van der Waals surface area contributed by atoms with E-state index < -0.39 is 0 Å². The summed E-state index contributed by atoms with van der Waals surface area (Å²) in [4.78, 5) is 2.30. The molecule has 0 aromatic carbocycles. The number of nitrogens with one attached hydrogen (secondary N) is 1. The molecular weight excluding hydrogens is 182 g/mol. The molecule has 4 heteroatoms. The van der Waals surface area contributed by atoms with Crippen molar-refractivity contribution in [2.45, 2.75) is 19.3 Å². The molecule has 3 nitrogen and oxygen atoms in total. The Balaban J connectivity index is 2.14. The number of aromatic amines is 1. The average Bonchev–Trinajstić information content (AvgIpc) is 2.20. The van der Waals surface area contributed by atoms with Gasteiger partial charge in [-0.15, -0.1) is 0 Å². The van der Waals surface area contributed by atoms with Crippen molar-refractivity contribution in [3.8, 4) is 0 Å². The van der Waals surface area contributed by atoms with Crippen molar-refractivity contribution in [2.75, 3.05) is 18.0 Å². The van der Waals surface area contributed by atoms with Crippen molar-refractivity contribution >= 4 is 18.0 Å². The molecule has 0 bridgehead atoms. The van der Waals surface area contributed by atoms with Crippen LogP contribution in [-0.4, -0.2) is 23.3 Å². The summed E-state index contributed by atoms with van der Waals surface area (Å²) in [6, 6.07) is 3.89. The van der Waals surface area contributed by atoms with Crippen molar-refractivity contribution < 1.29 is 0 Å². The molecule has 2 heterocycles. The first kappa shape index (κ1) is 8.69. The van der Waals surface area contributed by atoms with Crippen LogP contribution < -0.4 is 4.90 Å². The Hall–Kier alpha value is -0.900. The van der Waals surface area contributed by atoms with Crippen molar-refractivity contribution in [2.24, 2.45) is 0 Å². The van der Waals surface area contributed by atoms with Gasteiger partial charge in [0.1, 0.15) is 10.5 Å². The van der Waals surface area contributed by atoms with Gasteiger partial charge in [0.15, 0.2) is 0 Å². The molecule has 13 heavy (non-hydrogen) atoms. The Bertz CT molecular complexity index is 307. The molecule has 0 atom stereocenters. The largest absolute Gasteiger partial charge is 0.355 e. The first-order valence-corrected chi connectivity index (χ1v) is 5.08. The van der Waals surface area contributed by atoms with E-state index >= 15 is 0 Å². The van der Waals surface area contributed by atoms with Crippen LogP contribution in [-0.2, 0) is 0 Å². The number of nitrogens with zero attached hydrogens (tertiary/aromatic N) is 2. The maximum atomic E-state index is 4.94. The van der Waals surface area contributed by atoms with E-state index in [-0.39, 0.29) is 0 Å². The minimum absolute atomic E-state index is 0.695. The molecule has 0 spiro atoms. The Kier molecular flexibility index (Phi) is 2.59. The summed E-state index contributed by atoms with van der Waals surface area (Å²) in [5.74, 6) is 1.02. The number of rotatable bonds is 1. The predicted octanol–water partition coefficient (Wildman–Crippen LogP) is 2.13. The second kappa shape index (κ2) is 3.87. The smallest absolute Gasteiger partial charge is 0.148 e. The molecule has 1 aliphatic heterocycles. The van der Waals surface area contributed by atoms with Crippen LogP contribution in [0.3, 0.4) is 0 Å². The topological polar surface area (TPSA) is 31.9 Å². The van der Waals surface area contributed by atoms with Crippen molar-refractivity contribution in [3.05, 3.63) is 16.8 Å². The zero-order valence-electron chi connectivity index (χ0n) is 7.49. The van der Waals surface area contributed by atoms with Crippen LogP contribution in [0.2, 0.25) is 0 Å². The minimum Gasteiger partial charge on any atom is -0.355 e. The second-order valence-electron chi connectivity index (χ2n) is 3.33. The summed E-state index contributed by atoms with van der Waals surface area (Å²) < 4.78 is 0.695. The van der Waals surface area contributed by atoms with Gasteiger partial charge >= 0.3 is 0 Å². The standard InChI is InChI=1S/C9H13N3S/c13-9-5-4-8(10-11-9)12-6-2-1-3-7-12/h4-5H,1-3,6-7H2,(H,11,13). The van der Waals surface area contributed by atoms with E-state index in [1.54, 1.807) is 0 Å². The third-order valence-corrected chi connectivity index (χ3v) is 2.57. The van der Waals surface area contributed by atoms with Gasteiger partial charge in [-0.05, 0) is 31.4 Å². The van der Waals surface area contributed by atoms with Crippen LogP contribution in [0.5, 0.6) is 0 Å². The summed E-state index contributed by atoms with van der Waals surface area (Å²) >= 11 is 4.94. The van der Waals surface area contributed by atoms with Crippen LogP contribution >= 0.6 is 12.2 Å². The molecule has 0 aliphatic carbocycles.